The number of piperidine rings is 1. The third-order valence-corrected chi connectivity index (χ3v) is 4.20. The van der Waals surface area contributed by atoms with E-state index >= 15 is 0 Å². The zero-order chi connectivity index (χ0) is 12.4. The van der Waals surface area contributed by atoms with Gasteiger partial charge in [-0.25, -0.2) is 4.98 Å². The fourth-order valence-electron chi connectivity index (χ4n) is 2.99. The summed E-state index contributed by atoms with van der Waals surface area (Å²) in [5.74, 6) is 0.992. The summed E-state index contributed by atoms with van der Waals surface area (Å²) in [5.41, 5.74) is 0.373. The zero-order valence-electron chi connectivity index (χ0n) is 10.6. The molecule has 2 saturated heterocycles. The van der Waals surface area contributed by atoms with Gasteiger partial charge >= 0.3 is 0 Å². The van der Waals surface area contributed by atoms with Crippen LogP contribution in [0.25, 0.3) is 0 Å². The molecule has 0 amide bonds. The first-order valence-corrected chi connectivity index (χ1v) is 6.56. The third-order valence-electron chi connectivity index (χ3n) is 4.20. The first-order chi connectivity index (χ1) is 8.81. The summed E-state index contributed by atoms with van der Waals surface area (Å²) in [7, 11) is 0. The van der Waals surface area contributed by atoms with Crippen molar-refractivity contribution in [3.63, 3.8) is 0 Å². The minimum absolute atomic E-state index is 0.257. The molecule has 2 fully saturated rings. The molecule has 0 bridgehead atoms. The van der Waals surface area contributed by atoms with E-state index in [0.29, 0.717) is 5.41 Å². The second-order valence-electron chi connectivity index (χ2n) is 5.34. The summed E-state index contributed by atoms with van der Waals surface area (Å²) in [6, 6.07) is 0. The molecule has 0 aliphatic carbocycles. The molecule has 3 heterocycles. The summed E-state index contributed by atoms with van der Waals surface area (Å²) in [6.07, 6.45) is 11.0. The van der Waals surface area contributed by atoms with Crippen molar-refractivity contribution in [3.8, 4) is 0 Å². The smallest absolute Gasteiger partial charge is 0.147 e. The van der Waals surface area contributed by atoms with Gasteiger partial charge in [0.05, 0.1) is 18.9 Å². The molecular formula is C14H19N3O. The molecule has 4 heteroatoms. The Hall–Kier alpha value is -1.42. The van der Waals surface area contributed by atoms with Gasteiger partial charge in [-0.2, -0.15) is 0 Å². The second-order valence-corrected chi connectivity index (χ2v) is 5.34. The third kappa shape index (κ3) is 2.12. The van der Waals surface area contributed by atoms with E-state index in [4.69, 9.17) is 4.74 Å². The van der Waals surface area contributed by atoms with Crippen LogP contribution in [0.3, 0.4) is 0 Å². The van der Waals surface area contributed by atoms with E-state index in [1.54, 1.807) is 12.4 Å². The lowest BCUT2D eigenvalue weighted by Crippen LogP contribution is -2.41. The monoisotopic (exact) mass is 245 g/mol. The molecule has 1 aromatic rings. The first-order valence-electron chi connectivity index (χ1n) is 6.56. The topological polar surface area (TPSA) is 38.2 Å². The Kier molecular flexibility index (Phi) is 3.04. The molecule has 1 spiro atoms. The molecule has 1 aromatic heterocycles. The van der Waals surface area contributed by atoms with Crippen LogP contribution in [0.2, 0.25) is 0 Å². The van der Waals surface area contributed by atoms with E-state index in [1.807, 2.05) is 12.3 Å². The number of hydrogen-bond donors (Lipinski definition) is 0. The Bertz CT molecular complexity index is 412. The molecule has 2 aliphatic heterocycles. The predicted molar refractivity (Wildman–Crippen MR) is 70.5 cm³/mol. The van der Waals surface area contributed by atoms with Crippen LogP contribution >= 0.6 is 0 Å². The van der Waals surface area contributed by atoms with E-state index in [9.17, 15) is 0 Å². The Morgan fingerprint density at radius 1 is 1.39 bits per heavy atom. The fourth-order valence-corrected chi connectivity index (χ4v) is 2.99. The highest BCUT2D eigenvalue weighted by atomic mass is 16.5. The molecule has 0 radical (unpaired) electrons. The van der Waals surface area contributed by atoms with E-state index in [2.05, 4.69) is 21.4 Å². The van der Waals surface area contributed by atoms with Crippen molar-refractivity contribution in [1.29, 1.82) is 0 Å². The highest BCUT2D eigenvalue weighted by Crippen LogP contribution is 2.42. The number of aromatic nitrogens is 2. The van der Waals surface area contributed by atoms with Crippen LogP contribution in [0.5, 0.6) is 0 Å². The van der Waals surface area contributed by atoms with Crippen molar-refractivity contribution in [2.45, 2.75) is 25.4 Å². The normalized spacial score (nSPS) is 26.4. The van der Waals surface area contributed by atoms with Gasteiger partial charge in [0.1, 0.15) is 5.82 Å². The van der Waals surface area contributed by atoms with Crippen LogP contribution in [-0.4, -0.2) is 35.8 Å². The van der Waals surface area contributed by atoms with Gasteiger partial charge < -0.3 is 9.64 Å². The summed E-state index contributed by atoms with van der Waals surface area (Å²) in [5, 5.41) is 0. The van der Waals surface area contributed by atoms with E-state index in [1.165, 1.54) is 12.8 Å². The molecular weight excluding hydrogens is 226 g/mol. The van der Waals surface area contributed by atoms with Crippen molar-refractivity contribution < 1.29 is 4.74 Å². The number of ether oxygens (including phenoxy) is 1. The van der Waals surface area contributed by atoms with Crippen LogP contribution in [-0.2, 0) is 4.74 Å². The van der Waals surface area contributed by atoms with Gasteiger partial charge in [0.25, 0.3) is 0 Å². The maximum atomic E-state index is 5.77. The maximum absolute atomic E-state index is 5.77. The standard InChI is InChI=1S/C14H19N3O/c1-2-12-9-14(11-18-12)3-7-17(8-4-14)13-10-15-5-6-16-13/h2,5-6,10,12H,1,3-4,7-9,11H2. The highest BCUT2D eigenvalue weighted by Gasteiger charge is 2.41. The van der Waals surface area contributed by atoms with Gasteiger partial charge in [-0.15, -0.1) is 6.58 Å². The zero-order valence-corrected chi connectivity index (χ0v) is 10.6. The lowest BCUT2D eigenvalue weighted by molar-refractivity contribution is 0.109. The van der Waals surface area contributed by atoms with Crippen LogP contribution in [0, 0.1) is 5.41 Å². The van der Waals surface area contributed by atoms with E-state index < -0.39 is 0 Å². The van der Waals surface area contributed by atoms with Gasteiger partial charge in [-0.3, -0.25) is 4.98 Å². The molecule has 2 aliphatic rings. The maximum Gasteiger partial charge on any atom is 0.147 e. The average Bonchev–Trinajstić information content (AvgIpc) is 2.84. The predicted octanol–water partition coefficient (Wildman–Crippen LogP) is 2.04. The van der Waals surface area contributed by atoms with Gasteiger partial charge in [0.2, 0.25) is 0 Å². The van der Waals surface area contributed by atoms with Gasteiger partial charge in [0, 0.05) is 25.5 Å². The largest absolute Gasteiger partial charge is 0.374 e. The van der Waals surface area contributed by atoms with Crippen molar-refractivity contribution in [2.75, 3.05) is 24.6 Å². The van der Waals surface area contributed by atoms with Crippen LogP contribution in [0.4, 0.5) is 5.82 Å². The van der Waals surface area contributed by atoms with Gasteiger partial charge in [-0.1, -0.05) is 6.08 Å². The Balaban J connectivity index is 1.63. The lowest BCUT2D eigenvalue weighted by Gasteiger charge is -2.38. The number of nitrogens with zero attached hydrogens (tertiary/aromatic N) is 3. The van der Waals surface area contributed by atoms with Crippen LogP contribution in [0.15, 0.2) is 31.2 Å². The van der Waals surface area contributed by atoms with E-state index in [-0.39, 0.29) is 6.10 Å². The molecule has 0 saturated carbocycles. The minimum Gasteiger partial charge on any atom is -0.374 e. The SMILES string of the molecule is C=CC1CC2(CCN(c3cnccn3)CC2)CO1. The molecule has 96 valence electrons. The van der Waals surface area contributed by atoms with E-state index in [0.717, 1.165) is 31.9 Å². The van der Waals surface area contributed by atoms with Gasteiger partial charge in [0.15, 0.2) is 0 Å². The Labute approximate surface area is 108 Å². The molecule has 1 atom stereocenters. The Morgan fingerprint density at radius 3 is 2.83 bits per heavy atom. The molecule has 0 N–H and O–H groups in total. The Morgan fingerprint density at radius 2 is 2.22 bits per heavy atom. The molecule has 0 aromatic carbocycles. The molecule has 18 heavy (non-hydrogen) atoms. The van der Waals surface area contributed by atoms with Crippen molar-refractivity contribution in [2.24, 2.45) is 5.41 Å². The number of anilines is 1. The highest BCUT2D eigenvalue weighted by molar-refractivity contribution is 5.35. The van der Waals surface area contributed by atoms with Crippen LogP contribution in [0.1, 0.15) is 19.3 Å². The number of rotatable bonds is 2. The summed E-state index contributed by atoms with van der Waals surface area (Å²) in [4.78, 5) is 10.8. The summed E-state index contributed by atoms with van der Waals surface area (Å²) >= 11 is 0. The van der Waals surface area contributed by atoms with Crippen molar-refractivity contribution >= 4 is 5.82 Å². The molecule has 4 nitrogen and oxygen atoms in total. The molecule has 1 unspecified atom stereocenters. The summed E-state index contributed by atoms with van der Waals surface area (Å²) < 4.78 is 5.77. The fraction of sp³-hybridized carbons (Fsp3) is 0.571. The summed E-state index contributed by atoms with van der Waals surface area (Å²) in [6.45, 7) is 6.81. The van der Waals surface area contributed by atoms with Crippen molar-refractivity contribution in [3.05, 3.63) is 31.2 Å². The first kappa shape index (κ1) is 11.7. The average molecular weight is 245 g/mol. The van der Waals surface area contributed by atoms with Gasteiger partial charge in [-0.05, 0) is 24.7 Å². The minimum atomic E-state index is 0.257. The lowest BCUT2D eigenvalue weighted by atomic mass is 9.76. The quantitative estimate of drug-likeness (QED) is 0.747. The molecule has 3 rings (SSSR count). The second kappa shape index (κ2) is 4.69. The van der Waals surface area contributed by atoms with Crippen molar-refractivity contribution in [1.82, 2.24) is 9.97 Å². The number of hydrogen-bond acceptors (Lipinski definition) is 4. The van der Waals surface area contributed by atoms with Crippen LogP contribution < -0.4 is 4.90 Å².